The molecule has 1 N–H and O–H groups in total. The lowest BCUT2D eigenvalue weighted by atomic mass is 10.2. The van der Waals surface area contributed by atoms with Gasteiger partial charge in [-0.15, -0.1) is 0 Å². The van der Waals surface area contributed by atoms with Gasteiger partial charge in [0.15, 0.2) is 11.5 Å². The number of carbonyl (C=O) groups is 2. The highest BCUT2D eigenvalue weighted by Crippen LogP contribution is 2.32. The van der Waals surface area contributed by atoms with Crippen LogP contribution in [0, 0.1) is 0 Å². The third-order valence-corrected chi connectivity index (χ3v) is 4.69. The summed E-state index contributed by atoms with van der Waals surface area (Å²) in [6.07, 6.45) is 3.13. The number of rotatable bonds is 9. The van der Waals surface area contributed by atoms with E-state index in [1.807, 2.05) is 0 Å². The second-order valence-electron chi connectivity index (χ2n) is 6.66. The van der Waals surface area contributed by atoms with Crippen molar-refractivity contribution in [1.29, 1.82) is 0 Å². The van der Waals surface area contributed by atoms with Crippen molar-refractivity contribution in [1.82, 2.24) is 15.2 Å². The Labute approximate surface area is 176 Å². The summed E-state index contributed by atoms with van der Waals surface area (Å²) in [7, 11) is 1.35. The standard InChI is InChI=1S/C20H20ClF2N3O4/c1-29-17-8-12(2-5-16(17)30-20(22)23)11-26(14-3-4-14)18(27)10-25-19(28)15-9-13(21)6-7-24-15/h2,5-9,14,20H,3-4,10-11H2,1H3,(H,25,28). The Morgan fingerprint density at radius 1 is 1.27 bits per heavy atom. The predicted octanol–water partition coefficient (Wildman–Crippen LogP) is 3.27. The lowest BCUT2D eigenvalue weighted by Gasteiger charge is -2.23. The topological polar surface area (TPSA) is 80.8 Å². The number of pyridine rings is 1. The van der Waals surface area contributed by atoms with E-state index in [9.17, 15) is 18.4 Å². The van der Waals surface area contributed by atoms with Gasteiger partial charge >= 0.3 is 6.61 Å². The molecule has 30 heavy (non-hydrogen) atoms. The van der Waals surface area contributed by atoms with Gasteiger partial charge in [0, 0.05) is 23.8 Å². The Kier molecular flexibility index (Phi) is 7.04. The summed E-state index contributed by atoms with van der Waals surface area (Å²) in [5, 5.41) is 2.92. The third-order valence-electron chi connectivity index (χ3n) is 4.46. The number of nitrogens with one attached hydrogen (secondary N) is 1. The van der Waals surface area contributed by atoms with Crippen molar-refractivity contribution in [3.05, 3.63) is 52.8 Å². The van der Waals surface area contributed by atoms with Crippen LogP contribution >= 0.6 is 11.6 Å². The van der Waals surface area contributed by atoms with Crippen molar-refractivity contribution < 1.29 is 27.8 Å². The highest BCUT2D eigenvalue weighted by Gasteiger charge is 2.32. The first-order chi connectivity index (χ1) is 14.4. The summed E-state index contributed by atoms with van der Waals surface area (Å²) in [6, 6.07) is 7.55. The van der Waals surface area contributed by atoms with Gasteiger partial charge in [0.1, 0.15) is 5.69 Å². The van der Waals surface area contributed by atoms with E-state index >= 15 is 0 Å². The van der Waals surface area contributed by atoms with Gasteiger partial charge in [0.25, 0.3) is 5.91 Å². The molecule has 1 aliphatic rings. The average Bonchev–Trinajstić information content (AvgIpc) is 3.55. The van der Waals surface area contributed by atoms with Gasteiger partial charge in [-0.3, -0.25) is 14.6 Å². The lowest BCUT2D eigenvalue weighted by molar-refractivity contribution is -0.131. The van der Waals surface area contributed by atoms with Crippen molar-refractivity contribution in [2.24, 2.45) is 0 Å². The van der Waals surface area contributed by atoms with Crippen molar-refractivity contribution in [2.75, 3.05) is 13.7 Å². The Morgan fingerprint density at radius 3 is 2.67 bits per heavy atom. The van der Waals surface area contributed by atoms with Gasteiger partial charge in [0.2, 0.25) is 5.91 Å². The van der Waals surface area contributed by atoms with Crippen LogP contribution in [0.25, 0.3) is 0 Å². The molecule has 0 atom stereocenters. The SMILES string of the molecule is COc1cc(CN(C(=O)CNC(=O)c2cc(Cl)ccn2)C2CC2)ccc1OC(F)F. The smallest absolute Gasteiger partial charge is 0.387 e. The average molecular weight is 440 g/mol. The van der Waals surface area contributed by atoms with E-state index in [1.54, 1.807) is 23.1 Å². The van der Waals surface area contributed by atoms with E-state index in [4.69, 9.17) is 16.3 Å². The van der Waals surface area contributed by atoms with Gasteiger partial charge in [-0.1, -0.05) is 17.7 Å². The number of hydrogen-bond donors (Lipinski definition) is 1. The number of amides is 2. The van der Waals surface area contributed by atoms with Crippen LogP contribution < -0.4 is 14.8 Å². The fourth-order valence-corrected chi connectivity index (χ4v) is 3.04. The number of halogens is 3. The van der Waals surface area contributed by atoms with Crippen molar-refractivity contribution in [3.63, 3.8) is 0 Å². The van der Waals surface area contributed by atoms with E-state index < -0.39 is 12.5 Å². The fraction of sp³-hybridized carbons (Fsp3) is 0.350. The summed E-state index contributed by atoms with van der Waals surface area (Å²) >= 11 is 5.85. The zero-order valence-electron chi connectivity index (χ0n) is 16.1. The van der Waals surface area contributed by atoms with E-state index in [2.05, 4.69) is 15.0 Å². The molecule has 3 rings (SSSR count). The fourth-order valence-electron chi connectivity index (χ4n) is 2.88. The molecule has 1 saturated carbocycles. The molecule has 0 bridgehead atoms. The Balaban J connectivity index is 1.64. The molecule has 1 aliphatic carbocycles. The van der Waals surface area contributed by atoms with Crippen LogP contribution in [0.15, 0.2) is 36.5 Å². The highest BCUT2D eigenvalue weighted by molar-refractivity contribution is 6.30. The van der Waals surface area contributed by atoms with E-state index in [1.165, 1.54) is 25.4 Å². The molecule has 0 radical (unpaired) electrons. The molecule has 2 amide bonds. The predicted molar refractivity (Wildman–Crippen MR) is 105 cm³/mol. The summed E-state index contributed by atoms with van der Waals surface area (Å²) in [4.78, 5) is 30.5. The maximum atomic E-state index is 12.7. The molecular formula is C20H20ClF2N3O4. The monoisotopic (exact) mass is 439 g/mol. The minimum atomic E-state index is -2.97. The molecule has 1 fully saturated rings. The van der Waals surface area contributed by atoms with Gasteiger partial charge in [-0.2, -0.15) is 8.78 Å². The van der Waals surface area contributed by atoms with Gasteiger partial charge in [-0.25, -0.2) is 0 Å². The third kappa shape index (κ3) is 5.79. The molecule has 1 heterocycles. The van der Waals surface area contributed by atoms with Crippen LogP contribution in [0.4, 0.5) is 8.78 Å². The Bertz CT molecular complexity index is 925. The zero-order valence-corrected chi connectivity index (χ0v) is 16.9. The second-order valence-corrected chi connectivity index (χ2v) is 7.09. The molecule has 160 valence electrons. The second kappa shape index (κ2) is 9.71. The molecule has 1 aromatic heterocycles. The van der Waals surface area contributed by atoms with Crippen LogP contribution in [0.3, 0.4) is 0 Å². The van der Waals surface area contributed by atoms with Gasteiger partial charge < -0.3 is 19.7 Å². The molecule has 2 aromatic rings. The maximum absolute atomic E-state index is 12.7. The van der Waals surface area contributed by atoms with Crippen LogP contribution in [-0.2, 0) is 11.3 Å². The Hall–Kier alpha value is -2.94. The number of alkyl halides is 2. The molecule has 0 spiro atoms. The normalized spacial score (nSPS) is 13.1. The number of nitrogens with zero attached hydrogens (tertiary/aromatic N) is 2. The summed E-state index contributed by atoms with van der Waals surface area (Å²) in [5.41, 5.74) is 0.809. The summed E-state index contributed by atoms with van der Waals surface area (Å²) in [5.74, 6) is -0.699. The molecule has 7 nitrogen and oxygen atoms in total. The molecule has 0 saturated heterocycles. The van der Waals surface area contributed by atoms with E-state index in [0.717, 1.165) is 12.8 Å². The number of ether oxygens (including phenoxy) is 2. The van der Waals surface area contributed by atoms with Crippen molar-refractivity contribution in [2.45, 2.75) is 32.0 Å². The van der Waals surface area contributed by atoms with Crippen LogP contribution in [0.2, 0.25) is 5.02 Å². The van der Waals surface area contributed by atoms with E-state index in [-0.39, 0.29) is 42.2 Å². The van der Waals surface area contributed by atoms with Gasteiger partial charge in [-0.05, 0) is 42.7 Å². The van der Waals surface area contributed by atoms with Crippen molar-refractivity contribution in [3.8, 4) is 11.5 Å². The Morgan fingerprint density at radius 2 is 2.03 bits per heavy atom. The highest BCUT2D eigenvalue weighted by atomic mass is 35.5. The minimum absolute atomic E-state index is 0.0710. The quantitative estimate of drug-likeness (QED) is 0.648. The molecule has 1 aromatic carbocycles. The summed E-state index contributed by atoms with van der Waals surface area (Å²) < 4.78 is 34.5. The van der Waals surface area contributed by atoms with Crippen LogP contribution in [0.1, 0.15) is 28.9 Å². The largest absolute Gasteiger partial charge is 0.493 e. The van der Waals surface area contributed by atoms with Crippen molar-refractivity contribution >= 4 is 23.4 Å². The van der Waals surface area contributed by atoms with Gasteiger partial charge in [0.05, 0.1) is 13.7 Å². The summed E-state index contributed by atoms with van der Waals surface area (Å²) in [6.45, 7) is -2.92. The van der Waals surface area contributed by atoms with Crippen LogP contribution in [0.5, 0.6) is 11.5 Å². The first kappa shape index (κ1) is 21.8. The molecule has 0 aliphatic heterocycles. The molecular weight excluding hydrogens is 420 g/mol. The first-order valence-corrected chi connectivity index (χ1v) is 9.56. The number of benzene rings is 1. The zero-order chi connectivity index (χ0) is 21.7. The number of carbonyl (C=O) groups excluding carboxylic acids is 2. The first-order valence-electron chi connectivity index (χ1n) is 9.18. The molecule has 10 heteroatoms. The minimum Gasteiger partial charge on any atom is -0.493 e. The lowest BCUT2D eigenvalue weighted by Crippen LogP contribution is -2.41. The van der Waals surface area contributed by atoms with Crippen LogP contribution in [-0.4, -0.2) is 48.0 Å². The number of methoxy groups -OCH3 is 1. The number of aromatic nitrogens is 1. The maximum Gasteiger partial charge on any atom is 0.387 e. The number of hydrogen-bond acceptors (Lipinski definition) is 5. The molecule has 0 unspecified atom stereocenters. The van der Waals surface area contributed by atoms with E-state index in [0.29, 0.717) is 10.6 Å².